The zero-order chi connectivity index (χ0) is 12.5. The van der Waals surface area contributed by atoms with Gasteiger partial charge in [-0.25, -0.2) is 0 Å². The number of aliphatic hydroxyl groups is 2. The van der Waals surface area contributed by atoms with Crippen molar-refractivity contribution in [2.24, 2.45) is 41.4 Å². The molecule has 0 aromatic heterocycles. The second kappa shape index (κ2) is 2.64. The monoisotopic (exact) mass is 254 g/mol. The molecular weight excluding hydrogens is 236 g/mol. The van der Waals surface area contributed by atoms with Crippen molar-refractivity contribution in [2.45, 2.75) is 24.0 Å². The van der Waals surface area contributed by atoms with E-state index in [4.69, 9.17) is 0 Å². The maximum Gasteiger partial charge on any atom is 0.0677 e. The lowest BCUT2D eigenvalue weighted by Crippen LogP contribution is -2.44. The molecule has 10 unspecified atom stereocenters. The molecule has 6 bridgehead atoms. The molecule has 0 heterocycles. The molecule has 7 rings (SSSR count). The summed E-state index contributed by atoms with van der Waals surface area (Å²) in [7, 11) is 0. The van der Waals surface area contributed by atoms with Crippen molar-refractivity contribution < 1.29 is 10.2 Å². The number of aliphatic hydroxyl groups excluding tert-OH is 2. The number of hydrogen-bond acceptors (Lipinski definition) is 2. The fraction of sp³-hybridized carbons (Fsp3) is 0.647. The van der Waals surface area contributed by atoms with Crippen LogP contribution in [-0.2, 0) is 5.41 Å². The summed E-state index contributed by atoms with van der Waals surface area (Å²) < 4.78 is 0. The molecule has 19 heavy (non-hydrogen) atoms. The van der Waals surface area contributed by atoms with Gasteiger partial charge in [0.2, 0.25) is 0 Å². The van der Waals surface area contributed by atoms with Crippen LogP contribution < -0.4 is 0 Å². The molecule has 2 nitrogen and oxygen atoms in total. The van der Waals surface area contributed by atoms with Gasteiger partial charge in [0.25, 0.3) is 0 Å². The highest BCUT2D eigenvalue weighted by Gasteiger charge is 2.89. The number of benzene rings is 1. The van der Waals surface area contributed by atoms with Crippen molar-refractivity contribution in [2.75, 3.05) is 0 Å². The third-order valence-electron chi connectivity index (χ3n) is 7.76. The topological polar surface area (TPSA) is 40.5 Å². The average Bonchev–Trinajstić information content (AvgIpc) is 3.15. The lowest BCUT2D eigenvalue weighted by Gasteiger charge is -2.42. The molecule has 0 aliphatic heterocycles. The van der Waals surface area contributed by atoms with E-state index in [1.165, 1.54) is 12.0 Å². The molecule has 6 aliphatic carbocycles. The van der Waals surface area contributed by atoms with Crippen LogP contribution in [0.1, 0.15) is 12.0 Å². The Labute approximate surface area is 112 Å². The van der Waals surface area contributed by atoms with Gasteiger partial charge in [-0.05, 0) is 47.5 Å². The normalized spacial score (nSPS) is 65.9. The average molecular weight is 254 g/mol. The van der Waals surface area contributed by atoms with E-state index in [2.05, 4.69) is 24.3 Å². The molecule has 6 saturated carbocycles. The lowest BCUT2D eigenvalue weighted by atomic mass is 9.61. The van der Waals surface area contributed by atoms with Crippen LogP contribution in [-0.4, -0.2) is 22.4 Å². The Morgan fingerprint density at radius 1 is 0.895 bits per heavy atom. The summed E-state index contributed by atoms with van der Waals surface area (Å²) in [5.74, 6) is 3.93. The van der Waals surface area contributed by atoms with Crippen LogP contribution in [0, 0.1) is 41.4 Å². The Balaban J connectivity index is 1.68. The van der Waals surface area contributed by atoms with Gasteiger partial charge >= 0.3 is 0 Å². The highest BCUT2D eigenvalue weighted by molar-refractivity contribution is 5.47. The van der Waals surface area contributed by atoms with Gasteiger partial charge in [-0.3, -0.25) is 0 Å². The van der Waals surface area contributed by atoms with Gasteiger partial charge in [0, 0.05) is 11.3 Å². The predicted molar refractivity (Wildman–Crippen MR) is 69.2 cm³/mol. The fourth-order valence-electron chi connectivity index (χ4n) is 7.93. The predicted octanol–water partition coefficient (Wildman–Crippen LogP) is 1.42. The van der Waals surface area contributed by atoms with E-state index in [9.17, 15) is 10.2 Å². The molecule has 0 radical (unpaired) electrons. The first-order valence-electron chi connectivity index (χ1n) is 7.69. The van der Waals surface area contributed by atoms with Gasteiger partial charge in [-0.15, -0.1) is 0 Å². The van der Waals surface area contributed by atoms with Crippen molar-refractivity contribution in [1.29, 1.82) is 0 Å². The van der Waals surface area contributed by atoms with Gasteiger partial charge in [0.1, 0.15) is 0 Å². The molecular formula is C17H18O2. The molecule has 2 heteroatoms. The van der Waals surface area contributed by atoms with E-state index in [1.807, 2.05) is 6.07 Å². The first kappa shape index (κ1) is 9.95. The van der Waals surface area contributed by atoms with E-state index in [0.717, 1.165) is 5.92 Å². The van der Waals surface area contributed by atoms with Crippen molar-refractivity contribution in [1.82, 2.24) is 0 Å². The molecule has 6 aliphatic rings. The maximum atomic E-state index is 11.0. The van der Waals surface area contributed by atoms with Crippen molar-refractivity contribution >= 4 is 0 Å². The minimum atomic E-state index is -0.202. The van der Waals surface area contributed by atoms with Crippen LogP contribution in [0.25, 0.3) is 0 Å². The summed E-state index contributed by atoms with van der Waals surface area (Å²) in [4.78, 5) is 0. The summed E-state index contributed by atoms with van der Waals surface area (Å²) in [6, 6.07) is 10.6. The van der Waals surface area contributed by atoms with Crippen LogP contribution in [0.15, 0.2) is 30.3 Å². The van der Waals surface area contributed by atoms with Gasteiger partial charge in [0.05, 0.1) is 12.2 Å². The van der Waals surface area contributed by atoms with Gasteiger partial charge < -0.3 is 10.2 Å². The van der Waals surface area contributed by atoms with Crippen LogP contribution >= 0.6 is 0 Å². The molecule has 1 aromatic rings. The van der Waals surface area contributed by atoms with Gasteiger partial charge in [-0.1, -0.05) is 30.3 Å². The smallest absolute Gasteiger partial charge is 0.0677 e. The molecule has 1 aromatic carbocycles. The zero-order valence-electron chi connectivity index (χ0n) is 10.7. The van der Waals surface area contributed by atoms with E-state index < -0.39 is 0 Å². The molecule has 0 saturated heterocycles. The summed E-state index contributed by atoms with van der Waals surface area (Å²) in [6.07, 6.45) is 0.934. The summed E-state index contributed by atoms with van der Waals surface area (Å²) in [6.45, 7) is 0. The van der Waals surface area contributed by atoms with Crippen molar-refractivity contribution in [3.8, 4) is 0 Å². The third-order valence-corrected chi connectivity index (χ3v) is 7.76. The SMILES string of the molecule is OC1C2C3CC4C5C3C1C(c1ccccc1)(C5O)C42. The molecule has 0 amide bonds. The van der Waals surface area contributed by atoms with E-state index >= 15 is 0 Å². The molecule has 6 fully saturated rings. The van der Waals surface area contributed by atoms with Crippen LogP contribution in [0.4, 0.5) is 0 Å². The Morgan fingerprint density at radius 3 is 2.47 bits per heavy atom. The van der Waals surface area contributed by atoms with Crippen molar-refractivity contribution in [3.05, 3.63) is 35.9 Å². The minimum absolute atomic E-state index is 0.0989. The molecule has 0 spiro atoms. The molecule has 98 valence electrons. The van der Waals surface area contributed by atoms with E-state index in [0.29, 0.717) is 35.5 Å². The third kappa shape index (κ3) is 0.696. The minimum Gasteiger partial charge on any atom is -0.392 e. The fourth-order valence-corrected chi connectivity index (χ4v) is 7.93. The molecule has 10 atom stereocenters. The first-order valence-corrected chi connectivity index (χ1v) is 7.69. The van der Waals surface area contributed by atoms with Crippen LogP contribution in [0.5, 0.6) is 0 Å². The Morgan fingerprint density at radius 2 is 1.68 bits per heavy atom. The first-order chi connectivity index (χ1) is 9.28. The van der Waals surface area contributed by atoms with Crippen LogP contribution in [0.3, 0.4) is 0 Å². The van der Waals surface area contributed by atoms with E-state index in [-0.39, 0.29) is 17.6 Å². The Kier molecular flexibility index (Phi) is 1.38. The molecule has 2 N–H and O–H groups in total. The van der Waals surface area contributed by atoms with Gasteiger partial charge in [-0.2, -0.15) is 0 Å². The second-order valence-corrected chi connectivity index (χ2v) is 7.58. The maximum absolute atomic E-state index is 11.0. The number of hydrogen-bond donors (Lipinski definition) is 2. The lowest BCUT2D eigenvalue weighted by molar-refractivity contribution is 0.0683. The summed E-state index contributed by atoms with van der Waals surface area (Å²) in [5.41, 5.74) is 1.20. The standard InChI is InChI=1S/C17H18O2/c18-15-12-8-6-9-11-10(8)14(15)17(13(9)12,16(11)19)7-4-2-1-3-5-7/h1-5,8-16,18-19H,6H2. The zero-order valence-corrected chi connectivity index (χ0v) is 10.7. The van der Waals surface area contributed by atoms with Crippen molar-refractivity contribution in [3.63, 3.8) is 0 Å². The highest BCUT2D eigenvalue weighted by atomic mass is 16.3. The van der Waals surface area contributed by atoms with E-state index in [1.54, 1.807) is 0 Å². The summed E-state index contributed by atoms with van der Waals surface area (Å²) >= 11 is 0. The number of rotatable bonds is 1. The second-order valence-electron chi connectivity index (χ2n) is 7.58. The largest absolute Gasteiger partial charge is 0.392 e. The van der Waals surface area contributed by atoms with Crippen LogP contribution in [0.2, 0.25) is 0 Å². The summed E-state index contributed by atoms with van der Waals surface area (Å²) in [5, 5.41) is 21.8. The Hall–Kier alpha value is -0.860. The Bertz CT molecular complexity index is 580. The van der Waals surface area contributed by atoms with Gasteiger partial charge in [0.15, 0.2) is 0 Å². The highest BCUT2D eigenvalue weighted by Crippen LogP contribution is 2.86. The quantitative estimate of drug-likeness (QED) is 0.795.